The highest BCUT2D eigenvalue weighted by atomic mass is 19.4. The van der Waals surface area contributed by atoms with E-state index in [4.69, 9.17) is 10.8 Å². The number of hydrogen-bond acceptors (Lipinski definition) is 3. The molecule has 1 aliphatic carbocycles. The molecule has 0 aliphatic heterocycles. The van der Waals surface area contributed by atoms with Gasteiger partial charge in [0.1, 0.15) is 6.54 Å². The molecule has 3 atom stereocenters. The lowest BCUT2D eigenvalue weighted by molar-refractivity contribution is -0.166. The SMILES string of the molecule is CC1CCC(N)CC1C(=O)N(CCO)CC(F)(F)F. The number of amides is 1. The molecule has 19 heavy (non-hydrogen) atoms. The highest BCUT2D eigenvalue weighted by Crippen LogP contribution is 2.31. The summed E-state index contributed by atoms with van der Waals surface area (Å²) in [5.74, 6) is -0.992. The molecule has 1 saturated carbocycles. The van der Waals surface area contributed by atoms with Gasteiger partial charge in [0.15, 0.2) is 0 Å². The lowest BCUT2D eigenvalue weighted by atomic mass is 9.77. The number of nitrogens with two attached hydrogens (primary N) is 1. The molecule has 0 heterocycles. The van der Waals surface area contributed by atoms with Crippen molar-refractivity contribution >= 4 is 5.91 Å². The molecule has 3 unspecified atom stereocenters. The summed E-state index contributed by atoms with van der Waals surface area (Å²) in [4.78, 5) is 12.9. The van der Waals surface area contributed by atoms with E-state index in [1.807, 2.05) is 6.92 Å². The Morgan fingerprint density at radius 1 is 1.42 bits per heavy atom. The number of halogens is 3. The first-order valence-corrected chi connectivity index (χ1v) is 6.46. The van der Waals surface area contributed by atoms with E-state index in [2.05, 4.69) is 0 Å². The highest BCUT2D eigenvalue weighted by molar-refractivity contribution is 5.79. The molecule has 0 aromatic rings. The Morgan fingerprint density at radius 2 is 2.05 bits per heavy atom. The Morgan fingerprint density at radius 3 is 2.58 bits per heavy atom. The number of rotatable bonds is 4. The van der Waals surface area contributed by atoms with Gasteiger partial charge in [-0.3, -0.25) is 4.79 Å². The first-order valence-electron chi connectivity index (χ1n) is 6.46. The Labute approximate surface area is 110 Å². The standard InChI is InChI=1S/C12H21F3N2O2/c1-8-2-3-9(16)6-10(8)11(19)17(4-5-18)7-12(13,14)15/h8-10,18H,2-7,16H2,1H3. The second-order valence-corrected chi connectivity index (χ2v) is 5.26. The van der Waals surface area contributed by atoms with E-state index < -0.39 is 31.2 Å². The third kappa shape index (κ3) is 4.99. The van der Waals surface area contributed by atoms with Gasteiger partial charge in [0, 0.05) is 18.5 Å². The topological polar surface area (TPSA) is 66.6 Å². The van der Waals surface area contributed by atoms with Gasteiger partial charge in [-0.05, 0) is 25.2 Å². The van der Waals surface area contributed by atoms with E-state index in [1.54, 1.807) is 0 Å². The molecular weight excluding hydrogens is 261 g/mol. The van der Waals surface area contributed by atoms with Crippen LogP contribution in [0.3, 0.4) is 0 Å². The lowest BCUT2D eigenvalue weighted by Crippen LogP contribution is -2.47. The number of nitrogens with zero attached hydrogens (tertiary/aromatic N) is 1. The van der Waals surface area contributed by atoms with Crippen molar-refractivity contribution in [3.05, 3.63) is 0 Å². The van der Waals surface area contributed by atoms with Gasteiger partial charge in [0.25, 0.3) is 0 Å². The third-order valence-electron chi connectivity index (χ3n) is 3.61. The smallest absolute Gasteiger partial charge is 0.395 e. The molecule has 0 bridgehead atoms. The fraction of sp³-hybridized carbons (Fsp3) is 0.917. The maximum atomic E-state index is 12.4. The molecule has 0 aromatic carbocycles. The fourth-order valence-corrected chi connectivity index (χ4v) is 2.54. The maximum absolute atomic E-state index is 12.4. The minimum atomic E-state index is -4.45. The van der Waals surface area contributed by atoms with Crippen LogP contribution in [-0.2, 0) is 4.79 Å². The Hall–Kier alpha value is -0.820. The van der Waals surface area contributed by atoms with Gasteiger partial charge in [-0.1, -0.05) is 6.92 Å². The van der Waals surface area contributed by atoms with Gasteiger partial charge in [0.2, 0.25) is 5.91 Å². The number of aliphatic hydroxyl groups excluding tert-OH is 1. The number of aliphatic hydroxyl groups is 1. The van der Waals surface area contributed by atoms with Crippen LogP contribution in [0.1, 0.15) is 26.2 Å². The monoisotopic (exact) mass is 282 g/mol. The maximum Gasteiger partial charge on any atom is 0.406 e. The van der Waals surface area contributed by atoms with Crippen molar-refractivity contribution < 1.29 is 23.1 Å². The number of alkyl halides is 3. The van der Waals surface area contributed by atoms with Gasteiger partial charge in [0.05, 0.1) is 6.61 Å². The molecule has 1 amide bonds. The van der Waals surface area contributed by atoms with Crippen LogP contribution in [-0.4, -0.2) is 47.8 Å². The number of hydrogen-bond donors (Lipinski definition) is 2. The second-order valence-electron chi connectivity index (χ2n) is 5.26. The van der Waals surface area contributed by atoms with E-state index in [0.717, 1.165) is 12.8 Å². The molecule has 0 saturated heterocycles. The quantitative estimate of drug-likeness (QED) is 0.812. The molecule has 0 radical (unpaired) electrons. The Kier molecular flexibility index (Phi) is 5.61. The van der Waals surface area contributed by atoms with Crippen molar-refractivity contribution in [1.29, 1.82) is 0 Å². The van der Waals surface area contributed by atoms with Gasteiger partial charge in [-0.2, -0.15) is 13.2 Å². The van der Waals surface area contributed by atoms with Crippen molar-refractivity contribution in [1.82, 2.24) is 4.90 Å². The van der Waals surface area contributed by atoms with E-state index in [1.165, 1.54) is 0 Å². The molecule has 112 valence electrons. The van der Waals surface area contributed by atoms with Crippen LogP contribution in [0.5, 0.6) is 0 Å². The predicted molar refractivity (Wildman–Crippen MR) is 64.2 cm³/mol. The number of carbonyl (C=O) groups is 1. The molecular formula is C12H21F3N2O2. The zero-order chi connectivity index (χ0) is 14.6. The van der Waals surface area contributed by atoms with E-state index in [-0.39, 0.29) is 18.5 Å². The molecule has 1 fully saturated rings. The summed E-state index contributed by atoms with van der Waals surface area (Å²) in [7, 11) is 0. The Bertz CT molecular complexity index is 310. The van der Waals surface area contributed by atoms with E-state index >= 15 is 0 Å². The summed E-state index contributed by atoms with van der Waals surface area (Å²) < 4.78 is 37.3. The van der Waals surface area contributed by atoms with Crippen LogP contribution in [0, 0.1) is 11.8 Å². The van der Waals surface area contributed by atoms with Crippen LogP contribution in [0.2, 0.25) is 0 Å². The van der Waals surface area contributed by atoms with Crippen molar-refractivity contribution in [3.8, 4) is 0 Å². The normalized spacial score (nSPS) is 28.2. The van der Waals surface area contributed by atoms with Gasteiger partial charge < -0.3 is 15.7 Å². The van der Waals surface area contributed by atoms with Crippen LogP contribution >= 0.6 is 0 Å². The first-order chi connectivity index (χ1) is 8.74. The number of carbonyl (C=O) groups excluding carboxylic acids is 1. The first kappa shape index (κ1) is 16.2. The zero-order valence-electron chi connectivity index (χ0n) is 11.0. The van der Waals surface area contributed by atoms with Gasteiger partial charge >= 0.3 is 6.18 Å². The summed E-state index contributed by atoms with van der Waals surface area (Å²) in [6, 6.07) is -0.132. The van der Waals surface area contributed by atoms with Crippen molar-refractivity contribution in [2.45, 2.75) is 38.4 Å². The second kappa shape index (κ2) is 6.56. The summed E-state index contributed by atoms with van der Waals surface area (Å²) in [5.41, 5.74) is 5.78. The molecule has 0 spiro atoms. The lowest BCUT2D eigenvalue weighted by Gasteiger charge is -2.35. The van der Waals surface area contributed by atoms with Gasteiger partial charge in [-0.15, -0.1) is 0 Å². The molecule has 3 N–H and O–H groups in total. The molecule has 0 aromatic heterocycles. The predicted octanol–water partition coefficient (Wildman–Crippen LogP) is 1.13. The summed E-state index contributed by atoms with van der Waals surface area (Å²) >= 11 is 0. The minimum absolute atomic E-state index is 0.0294. The van der Waals surface area contributed by atoms with Crippen molar-refractivity contribution in [2.75, 3.05) is 19.7 Å². The zero-order valence-corrected chi connectivity index (χ0v) is 11.0. The van der Waals surface area contributed by atoms with Crippen molar-refractivity contribution in [2.24, 2.45) is 17.6 Å². The summed E-state index contributed by atoms with van der Waals surface area (Å²) in [5, 5.41) is 8.81. The molecule has 7 heteroatoms. The highest BCUT2D eigenvalue weighted by Gasteiger charge is 2.38. The van der Waals surface area contributed by atoms with E-state index in [0.29, 0.717) is 11.3 Å². The molecule has 1 rings (SSSR count). The third-order valence-corrected chi connectivity index (χ3v) is 3.61. The molecule has 1 aliphatic rings. The van der Waals surface area contributed by atoms with E-state index in [9.17, 15) is 18.0 Å². The molecule has 4 nitrogen and oxygen atoms in total. The van der Waals surface area contributed by atoms with Crippen LogP contribution in [0.25, 0.3) is 0 Å². The van der Waals surface area contributed by atoms with Crippen molar-refractivity contribution in [3.63, 3.8) is 0 Å². The van der Waals surface area contributed by atoms with Crippen LogP contribution < -0.4 is 5.73 Å². The largest absolute Gasteiger partial charge is 0.406 e. The Balaban J connectivity index is 2.74. The van der Waals surface area contributed by atoms with Crippen LogP contribution in [0.15, 0.2) is 0 Å². The minimum Gasteiger partial charge on any atom is -0.395 e. The fourth-order valence-electron chi connectivity index (χ4n) is 2.54. The average molecular weight is 282 g/mol. The summed E-state index contributed by atoms with van der Waals surface area (Å²) in [6.45, 7) is -0.226. The summed E-state index contributed by atoms with van der Waals surface area (Å²) in [6.07, 6.45) is -2.49. The average Bonchev–Trinajstić information content (AvgIpc) is 2.29. The van der Waals surface area contributed by atoms with Gasteiger partial charge in [-0.25, -0.2) is 0 Å². The van der Waals surface area contributed by atoms with Crippen LogP contribution in [0.4, 0.5) is 13.2 Å².